The molecule has 3 rings (SSSR count). The molecule has 108 valence electrons. The van der Waals surface area contributed by atoms with Crippen LogP contribution in [0.3, 0.4) is 0 Å². The van der Waals surface area contributed by atoms with Gasteiger partial charge in [-0.2, -0.15) is 18.3 Å². The molecule has 0 unspecified atom stereocenters. The molecule has 2 N–H and O–H groups in total. The Labute approximate surface area is 118 Å². The fourth-order valence-corrected chi connectivity index (χ4v) is 2.22. The molecule has 21 heavy (non-hydrogen) atoms. The van der Waals surface area contributed by atoms with Crippen LogP contribution >= 0.6 is 0 Å². The molecule has 0 radical (unpaired) electrons. The predicted molar refractivity (Wildman–Crippen MR) is 72.6 cm³/mol. The second kappa shape index (κ2) is 4.47. The van der Waals surface area contributed by atoms with E-state index in [2.05, 4.69) is 10.1 Å². The minimum absolute atomic E-state index is 0.106. The SMILES string of the molecule is Cc1ccccc1-c1cc2ncc(N)c(C(F)(F)F)n2n1. The van der Waals surface area contributed by atoms with Gasteiger partial charge in [-0.15, -0.1) is 0 Å². The van der Waals surface area contributed by atoms with Gasteiger partial charge in [-0.3, -0.25) is 0 Å². The van der Waals surface area contributed by atoms with Gasteiger partial charge < -0.3 is 5.73 Å². The topological polar surface area (TPSA) is 56.2 Å². The maximum atomic E-state index is 13.1. The molecule has 0 saturated carbocycles. The number of nitrogens with zero attached hydrogens (tertiary/aromatic N) is 3. The van der Waals surface area contributed by atoms with Crippen molar-refractivity contribution >= 4 is 11.3 Å². The van der Waals surface area contributed by atoms with E-state index >= 15 is 0 Å². The first kappa shape index (κ1) is 13.4. The van der Waals surface area contributed by atoms with Crippen molar-refractivity contribution in [2.45, 2.75) is 13.1 Å². The van der Waals surface area contributed by atoms with E-state index < -0.39 is 17.6 Å². The number of aromatic nitrogens is 3. The summed E-state index contributed by atoms with van der Waals surface area (Å²) >= 11 is 0. The highest BCUT2D eigenvalue weighted by molar-refractivity contribution is 5.68. The molecule has 0 aliphatic rings. The Bertz CT molecular complexity index is 821. The van der Waals surface area contributed by atoms with Crippen LogP contribution in [0.2, 0.25) is 0 Å². The van der Waals surface area contributed by atoms with Crippen LogP contribution in [0.15, 0.2) is 36.5 Å². The van der Waals surface area contributed by atoms with Gasteiger partial charge in [0, 0.05) is 11.6 Å². The molecule has 0 bridgehead atoms. The highest BCUT2D eigenvalue weighted by atomic mass is 19.4. The third-order valence-corrected chi connectivity index (χ3v) is 3.20. The molecule has 2 heterocycles. The minimum Gasteiger partial charge on any atom is -0.396 e. The number of benzene rings is 1. The Balaban J connectivity index is 2.29. The maximum Gasteiger partial charge on any atom is 0.435 e. The van der Waals surface area contributed by atoms with Gasteiger partial charge in [-0.25, -0.2) is 9.50 Å². The summed E-state index contributed by atoms with van der Waals surface area (Å²) in [6.07, 6.45) is -3.60. The number of halogens is 3. The standard InChI is InChI=1S/C14H11F3N4/c1-8-4-2-3-5-9(8)11-6-12-19-7-10(18)13(14(15,16)17)21(12)20-11/h2-7H,18H2,1H3. The average molecular weight is 292 g/mol. The normalized spacial score (nSPS) is 12.0. The first-order chi connectivity index (χ1) is 9.88. The van der Waals surface area contributed by atoms with Crippen LogP contribution < -0.4 is 5.73 Å². The molecule has 0 atom stereocenters. The van der Waals surface area contributed by atoms with E-state index in [9.17, 15) is 13.2 Å². The van der Waals surface area contributed by atoms with Gasteiger partial charge >= 0.3 is 6.18 Å². The summed E-state index contributed by atoms with van der Waals surface area (Å²) in [5.41, 5.74) is 6.16. The van der Waals surface area contributed by atoms with Crippen LogP contribution in [0, 0.1) is 6.92 Å². The van der Waals surface area contributed by atoms with Crippen LogP contribution in [0.5, 0.6) is 0 Å². The average Bonchev–Trinajstić information content (AvgIpc) is 2.80. The monoisotopic (exact) mass is 292 g/mol. The molecule has 0 aliphatic carbocycles. The van der Waals surface area contributed by atoms with Crippen molar-refractivity contribution in [2.24, 2.45) is 0 Å². The van der Waals surface area contributed by atoms with Gasteiger partial charge in [0.15, 0.2) is 11.3 Å². The molecule has 7 heteroatoms. The number of nitrogen functional groups attached to an aromatic ring is 1. The zero-order valence-electron chi connectivity index (χ0n) is 11.0. The Morgan fingerprint density at radius 2 is 1.90 bits per heavy atom. The van der Waals surface area contributed by atoms with Gasteiger partial charge in [0.2, 0.25) is 0 Å². The van der Waals surface area contributed by atoms with E-state index in [1.165, 1.54) is 6.07 Å². The van der Waals surface area contributed by atoms with E-state index in [-0.39, 0.29) is 5.65 Å². The molecule has 3 aromatic rings. The molecule has 0 amide bonds. The molecule has 0 aliphatic heterocycles. The quantitative estimate of drug-likeness (QED) is 0.748. The summed E-state index contributed by atoms with van der Waals surface area (Å²) in [6.45, 7) is 1.87. The van der Waals surface area contributed by atoms with Crippen molar-refractivity contribution in [3.63, 3.8) is 0 Å². The first-order valence-corrected chi connectivity index (χ1v) is 6.15. The lowest BCUT2D eigenvalue weighted by Gasteiger charge is -2.10. The van der Waals surface area contributed by atoms with Gasteiger partial charge in [0.1, 0.15) is 0 Å². The van der Waals surface area contributed by atoms with Gasteiger partial charge in [0.05, 0.1) is 17.6 Å². The fourth-order valence-electron chi connectivity index (χ4n) is 2.22. The summed E-state index contributed by atoms with van der Waals surface area (Å²) in [6, 6.07) is 8.83. The molecule has 0 spiro atoms. The molecular formula is C14H11F3N4. The van der Waals surface area contributed by atoms with Gasteiger partial charge in [0.25, 0.3) is 0 Å². The number of nitrogens with two attached hydrogens (primary N) is 1. The van der Waals surface area contributed by atoms with Crippen molar-refractivity contribution in [3.05, 3.63) is 47.8 Å². The largest absolute Gasteiger partial charge is 0.435 e. The van der Waals surface area contributed by atoms with E-state index in [0.717, 1.165) is 21.8 Å². The predicted octanol–water partition coefficient (Wildman–Crippen LogP) is 3.31. The van der Waals surface area contributed by atoms with Crippen LogP contribution in [0.1, 0.15) is 11.3 Å². The molecule has 2 aromatic heterocycles. The molecule has 0 fully saturated rings. The van der Waals surface area contributed by atoms with Crippen molar-refractivity contribution in [1.82, 2.24) is 14.6 Å². The highest BCUT2D eigenvalue weighted by Gasteiger charge is 2.37. The molecule has 0 saturated heterocycles. The maximum absolute atomic E-state index is 13.1. The number of rotatable bonds is 1. The summed E-state index contributed by atoms with van der Waals surface area (Å²) in [5.74, 6) is 0. The van der Waals surface area contributed by atoms with Crippen LogP contribution in [0.4, 0.5) is 18.9 Å². The zero-order chi connectivity index (χ0) is 15.2. The van der Waals surface area contributed by atoms with Crippen molar-refractivity contribution in [2.75, 3.05) is 5.73 Å². The lowest BCUT2D eigenvalue weighted by Crippen LogP contribution is -2.16. The van der Waals surface area contributed by atoms with Gasteiger partial charge in [-0.1, -0.05) is 24.3 Å². The smallest absolute Gasteiger partial charge is 0.396 e. The van der Waals surface area contributed by atoms with Crippen molar-refractivity contribution < 1.29 is 13.2 Å². The number of fused-ring (bicyclic) bond motifs is 1. The fraction of sp³-hybridized carbons (Fsp3) is 0.143. The van der Waals surface area contributed by atoms with E-state index in [1.807, 2.05) is 19.1 Å². The molecular weight excluding hydrogens is 281 g/mol. The Morgan fingerprint density at radius 3 is 2.57 bits per heavy atom. The summed E-state index contributed by atoms with van der Waals surface area (Å²) in [5, 5.41) is 4.03. The minimum atomic E-state index is -4.60. The summed E-state index contributed by atoms with van der Waals surface area (Å²) < 4.78 is 40.1. The molecule has 4 nitrogen and oxygen atoms in total. The number of aryl methyl sites for hydroxylation is 1. The Morgan fingerprint density at radius 1 is 1.19 bits per heavy atom. The van der Waals surface area contributed by atoms with E-state index in [1.54, 1.807) is 12.1 Å². The van der Waals surface area contributed by atoms with Crippen LogP contribution in [-0.4, -0.2) is 14.6 Å². The second-order valence-corrected chi connectivity index (χ2v) is 4.67. The third kappa shape index (κ3) is 2.20. The van der Waals surface area contributed by atoms with Crippen molar-refractivity contribution in [3.8, 4) is 11.3 Å². The number of alkyl halides is 3. The van der Waals surface area contributed by atoms with Crippen LogP contribution in [-0.2, 0) is 6.18 Å². The lowest BCUT2D eigenvalue weighted by atomic mass is 10.1. The molecule has 1 aromatic carbocycles. The van der Waals surface area contributed by atoms with E-state index in [4.69, 9.17) is 5.73 Å². The highest BCUT2D eigenvalue weighted by Crippen LogP contribution is 2.34. The number of hydrogen-bond donors (Lipinski definition) is 1. The number of hydrogen-bond acceptors (Lipinski definition) is 3. The second-order valence-electron chi connectivity index (χ2n) is 4.67. The summed E-state index contributed by atoms with van der Waals surface area (Å²) in [4.78, 5) is 3.91. The third-order valence-electron chi connectivity index (χ3n) is 3.20. The summed E-state index contributed by atoms with van der Waals surface area (Å²) in [7, 11) is 0. The Kier molecular flexibility index (Phi) is 2.86. The zero-order valence-corrected chi connectivity index (χ0v) is 11.0. The van der Waals surface area contributed by atoms with Gasteiger partial charge in [-0.05, 0) is 12.5 Å². The van der Waals surface area contributed by atoms with Crippen LogP contribution in [0.25, 0.3) is 16.9 Å². The lowest BCUT2D eigenvalue weighted by molar-refractivity contribution is -0.141. The number of anilines is 1. The Hall–Kier alpha value is -2.57. The van der Waals surface area contributed by atoms with E-state index in [0.29, 0.717) is 5.69 Å². The van der Waals surface area contributed by atoms with Crippen molar-refractivity contribution in [1.29, 1.82) is 0 Å². The first-order valence-electron chi connectivity index (χ1n) is 6.15.